The third kappa shape index (κ3) is 6.34. The fourth-order valence-electron chi connectivity index (χ4n) is 2.80. The van der Waals surface area contributed by atoms with Gasteiger partial charge in [0.2, 0.25) is 0 Å². The minimum Gasteiger partial charge on any atom is -0.444 e. The van der Waals surface area contributed by atoms with Gasteiger partial charge in [-0.2, -0.15) is 0 Å². The number of nitro groups is 1. The van der Waals surface area contributed by atoms with E-state index in [-0.39, 0.29) is 11.8 Å². The summed E-state index contributed by atoms with van der Waals surface area (Å²) in [7, 11) is 0. The van der Waals surface area contributed by atoms with Gasteiger partial charge in [0.05, 0.1) is 4.92 Å². The molecule has 7 heteroatoms. The predicted octanol–water partition coefficient (Wildman–Crippen LogP) is 3.33. The lowest BCUT2D eigenvalue weighted by Gasteiger charge is -2.33. The van der Waals surface area contributed by atoms with Gasteiger partial charge in [0.15, 0.2) is 0 Å². The number of rotatable bonds is 5. The highest BCUT2D eigenvalue weighted by Gasteiger charge is 2.26. The maximum atomic E-state index is 12.0. The van der Waals surface area contributed by atoms with Gasteiger partial charge in [0, 0.05) is 31.8 Å². The highest BCUT2D eigenvalue weighted by Crippen LogP contribution is 2.19. The SMILES string of the molecule is CC(C)(C)OC(=O)N1CCC(CNCc2ccc([N+](=O)[O-])cc2)CC1. The van der Waals surface area contributed by atoms with Crippen molar-refractivity contribution < 1.29 is 14.5 Å². The van der Waals surface area contributed by atoms with E-state index in [0.29, 0.717) is 12.5 Å². The van der Waals surface area contributed by atoms with E-state index in [9.17, 15) is 14.9 Å². The van der Waals surface area contributed by atoms with Crippen molar-refractivity contribution in [3.63, 3.8) is 0 Å². The molecule has 1 fully saturated rings. The van der Waals surface area contributed by atoms with E-state index in [1.807, 2.05) is 20.8 Å². The molecule has 1 amide bonds. The Balaban J connectivity index is 1.68. The van der Waals surface area contributed by atoms with Crippen molar-refractivity contribution in [1.82, 2.24) is 10.2 Å². The minimum absolute atomic E-state index is 0.110. The molecule has 138 valence electrons. The molecule has 1 N–H and O–H groups in total. The van der Waals surface area contributed by atoms with Crippen molar-refractivity contribution in [1.29, 1.82) is 0 Å². The van der Waals surface area contributed by atoms with Gasteiger partial charge in [0.1, 0.15) is 5.60 Å². The van der Waals surface area contributed by atoms with Gasteiger partial charge in [-0.3, -0.25) is 10.1 Å². The van der Waals surface area contributed by atoms with Crippen LogP contribution in [0.5, 0.6) is 0 Å². The smallest absolute Gasteiger partial charge is 0.410 e. The summed E-state index contributed by atoms with van der Waals surface area (Å²) in [6.07, 6.45) is 1.67. The summed E-state index contributed by atoms with van der Waals surface area (Å²) in [5.41, 5.74) is 0.676. The van der Waals surface area contributed by atoms with Gasteiger partial charge >= 0.3 is 6.09 Å². The number of nitrogens with zero attached hydrogens (tertiary/aromatic N) is 2. The quantitative estimate of drug-likeness (QED) is 0.651. The maximum Gasteiger partial charge on any atom is 0.410 e. The molecule has 0 aromatic heterocycles. The number of nitrogens with one attached hydrogen (secondary N) is 1. The summed E-state index contributed by atoms with van der Waals surface area (Å²) < 4.78 is 5.40. The molecule has 0 saturated carbocycles. The third-order valence-corrected chi connectivity index (χ3v) is 4.18. The molecule has 25 heavy (non-hydrogen) atoms. The first-order chi connectivity index (χ1) is 11.7. The Hall–Kier alpha value is -2.15. The Morgan fingerprint density at radius 1 is 1.28 bits per heavy atom. The molecule has 0 unspecified atom stereocenters. The average molecular weight is 349 g/mol. The van der Waals surface area contributed by atoms with Crippen LogP contribution in [0.3, 0.4) is 0 Å². The number of ether oxygens (including phenoxy) is 1. The van der Waals surface area contributed by atoms with E-state index in [4.69, 9.17) is 4.74 Å². The third-order valence-electron chi connectivity index (χ3n) is 4.18. The van der Waals surface area contributed by atoms with Gasteiger partial charge in [-0.05, 0) is 51.6 Å². The highest BCUT2D eigenvalue weighted by molar-refractivity contribution is 5.68. The molecule has 0 atom stereocenters. The van der Waals surface area contributed by atoms with Crippen LogP contribution >= 0.6 is 0 Å². The van der Waals surface area contributed by atoms with Gasteiger partial charge in [-0.1, -0.05) is 12.1 Å². The number of carbonyl (C=O) groups excluding carboxylic acids is 1. The lowest BCUT2D eigenvalue weighted by atomic mass is 9.97. The van der Waals surface area contributed by atoms with Crippen LogP contribution in [0.1, 0.15) is 39.2 Å². The van der Waals surface area contributed by atoms with Gasteiger partial charge in [-0.25, -0.2) is 4.79 Å². The number of nitro benzene ring substituents is 1. The van der Waals surface area contributed by atoms with Crippen molar-refractivity contribution in [2.75, 3.05) is 19.6 Å². The number of carbonyl (C=O) groups is 1. The van der Waals surface area contributed by atoms with E-state index in [1.54, 1.807) is 17.0 Å². The van der Waals surface area contributed by atoms with Gasteiger partial charge in [0.25, 0.3) is 5.69 Å². The van der Waals surface area contributed by atoms with E-state index in [0.717, 1.165) is 38.0 Å². The number of non-ortho nitro benzene ring substituents is 1. The fraction of sp³-hybridized carbons (Fsp3) is 0.611. The summed E-state index contributed by atoms with van der Waals surface area (Å²) in [4.78, 5) is 24.1. The number of piperidine rings is 1. The molecule has 1 aromatic rings. The normalized spacial score (nSPS) is 15.9. The molecule has 2 rings (SSSR count). The van der Waals surface area contributed by atoms with Crippen molar-refractivity contribution in [3.8, 4) is 0 Å². The minimum atomic E-state index is -0.458. The second-order valence-electron chi connectivity index (χ2n) is 7.47. The van der Waals surface area contributed by atoms with Crippen molar-refractivity contribution in [2.24, 2.45) is 5.92 Å². The number of hydrogen-bond acceptors (Lipinski definition) is 5. The Morgan fingerprint density at radius 2 is 1.88 bits per heavy atom. The molecule has 0 aliphatic carbocycles. The average Bonchev–Trinajstić information content (AvgIpc) is 2.54. The molecular formula is C18H27N3O4. The molecule has 1 saturated heterocycles. The molecule has 7 nitrogen and oxygen atoms in total. The molecule has 1 aliphatic heterocycles. The second-order valence-corrected chi connectivity index (χ2v) is 7.47. The van der Waals surface area contributed by atoms with E-state index < -0.39 is 10.5 Å². The van der Waals surface area contributed by atoms with Crippen LogP contribution in [-0.2, 0) is 11.3 Å². The van der Waals surface area contributed by atoms with Crippen molar-refractivity contribution in [3.05, 3.63) is 39.9 Å². The molecule has 1 aromatic carbocycles. The molecule has 1 heterocycles. The van der Waals surface area contributed by atoms with Crippen LogP contribution in [0.4, 0.5) is 10.5 Å². The Morgan fingerprint density at radius 3 is 2.40 bits per heavy atom. The van der Waals surface area contributed by atoms with Crippen molar-refractivity contribution >= 4 is 11.8 Å². The number of hydrogen-bond donors (Lipinski definition) is 1. The van der Waals surface area contributed by atoms with E-state index in [1.165, 1.54) is 12.1 Å². The lowest BCUT2D eigenvalue weighted by molar-refractivity contribution is -0.384. The number of benzene rings is 1. The zero-order valence-corrected chi connectivity index (χ0v) is 15.2. The largest absolute Gasteiger partial charge is 0.444 e. The number of likely N-dealkylation sites (tertiary alicyclic amines) is 1. The van der Waals surface area contributed by atoms with Crippen molar-refractivity contribution in [2.45, 2.75) is 45.8 Å². The summed E-state index contributed by atoms with van der Waals surface area (Å²) >= 11 is 0. The summed E-state index contributed by atoms with van der Waals surface area (Å²) in [5, 5.41) is 14.0. The molecule has 0 bridgehead atoms. The first-order valence-corrected chi connectivity index (χ1v) is 8.66. The van der Waals surface area contributed by atoms with Gasteiger partial charge < -0.3 is 15.0 Å². The standard InChI is InChI=1S/C18H27N3O4/c1-18(2,3)25-17(22)20-10-8-15(9-11-20)13-19-12-14-4-6-16(7-5-14)21(23)24/h4-7,15,19H,8-13H2,1-3H3. The zero-order valence-electron chi connectivity index (χ0n) is 15.2. The highest BCUT2D eigenvalue weighted by atomic mass is 16.6. The summed E-state index contributed by atoms with van der Waals surface area (Å²) in [5.74, 6) is 0.525. The maximum absolute atomic E-state index is 12.0. The number of amides is 1. The fourth-order valence-corrected chi connectivity index (χ4v) is 2.80. The Kier molecular flexibility index (Phi) is 6.36. The van der Waals surface area contributed by atoms with Crippen LogP contribution in [0.25, 0.3) is 0 Å². The van der Waals surface area contributed by atoms with Crippen LogP contribution in [-0.4, -0.2) is 41.2 Å². The van der Waals surface area contributed by atoms with E-state index in [2.05, 4.69) is 5.32 Å². The monoisotopic (exact) mass is 349 g/mol. The van der Waals surface area contributed by atoms with E-state index >= 15 is 0 Å². The molecular weight excluding hydrogens is 322 g/mol. The van der Waals surface area contributed by atoms with Crippen LogP contribution in [0.15, 0.2) is 24.3 Å². The Bertz CT molecular complexity index is 587. The first kappa shape index (κ1) is 19.2. The Labute approximate surface area is 148 Å². The molecule has 1 aliphatic rings. The predicted molar refractivity (Wildman–Crippen MR) is 95.3 cm³/mol. The van der Waals surface area contributed by atoms with Crippen LogP contribution in [0.2, 0.25) is 0 Å². The zero-order chi connectivity index (χ0) is 18.4. The summed E-state index contributed by atoms with van der Waals surface area (Å²) in [6.45, 7) is 8.63. The lowest BCUT2D eigenvalue weighted by Crippen LogP contribution is -2.43. The van der Waals surface area contributed by atoms with Crippen LogP contribution in [0, 0.1) is 16.0 Å². The first-order valence-electron chi connectivity index (χ1n) is 8.66. The second kappa shape index (κ2) is 8.29. The van der Waals surface area contributed by atoms with Gasteiger partial charge in [-0.15, -0.1) is 0 Å². The summed E-state index contributed by atoms with van der Waals surface area (Å²) in [6, 6.07) is 6.60. The van der Waals surface area contributed by atoms with Crippen LogP contribution < -0.4 is 5.32 Å². The molecule has 0 spiro atoms. The topological polar surface area (TPSA) is 84.7 Å². The molecule has 0 radical (unpaired) electrons.